The van der Waals surface area contributed by atoms with Crippen LogP contribution in [0.5, 0.6) is 0 Å². The molecule has 1 saturated carbocycles. The number of carboxylic acids is 1. The number of nitrogens with zero attached hydrogens (tertiary/aromatic N) is 1. The highest BCUT2D eigenvalue weighted by atomic mass is 16.4. The minimum Gasteiger partial charge on any atom is -0.481 e. The normalized spacial score (nSPS) is 40.1. The van der Waals surface area contributed by atoms with Gasteiger partial charge in [-0.05, 0) is 38.0 Å². The molecule has 1 aliphatic carbocycles. The Balaban J connectivity index is 1.83. The van der Waals surface area contributed by atoms with Crippen molar-refractivity contribution in [1.82, 2.24) is 4.90 Å². The molecule has 2 fully saturated rings. The van der Waals surface area contributed by atoms with Crippen molar-refractivity contribution in [3.8, 4) is 0 Å². The van der Waals surface area contributed by atoms with Crippen LogP contribution in [0.4, 0.5) is 0 Å². The highest BCUT2D eigenvalue weighted by Crippen LogP contribution is 2.30. The van der Waals surface area contributed by atoms with E-state index in [0.717, 1.165) is 45.2 Å². The Hall–Kier alpha value is -0.610. The summed E-state index contributed by atoms with van der Waals surface area (Å²) in [7, 11) is 0. The second kappa shape index (κ2) is 5.36. The van der Waals surface area contributed by atoms with Crippen molar-refractivity contribution in [3.63, 3.8) is 0 Å². The fourth-order valence-corrected chi connectivity index (χ4v) is 3.19. The molecule has 0 aromatic rings. The predicted octanol–water partition coefficient (Wildman–Crippen LogP) is 1.33. The van der Waals surface area contributed by atoms with E-state index in [1.165, 1.54) is 0 Å². The Bertz CT molecular complexity index is 274. The molecule has 98 valence electrons. The van der Waals surface area contributed by atoms with Crippen molar-refractivity contribution in [1.29, 1.82) is 0 Å². The van der Waals surface area contributed by atoms with E-state index in [0.29, 0.717) is 12.0 Å². The quantitative estimate of drug-likeness (QED) is 0.765. The third-order valence-corrected chi connectivity index (χ3v) is 4.45. The average molecular weight is 241 g/mol. The number of carboxylic acid groups (broad SMARTS) is 1. The zero-order valence-corrected chi connectivity index (χ0v) is 10.5. The first-order valence-corrected chi connectivity index (χ1v) is 6.73. The van der Waals surface area contributed by atoms with Gasteiger partial charge in [-0.2, -0.15) is 0 Å². The molecule has 0 amide bonds. The van der Waals surface area contributed by atoms with E-state index in [9.17, 15) is 9.90 Å². The fraction of sp³-hybridized carbons (Fsp3) is 0.923. The summed E-state index contributed by atoms with van der Waals surface area (Å²) in [6.07, 6.45) is 4.34. The third kappa shape index (κ3) is 2.99. The highest BCUT2D eigenvalue weighted by molar-refractivity contribution is 5.70. The minimum atomic E-state index is -0.633. The maximum absolute atomic E-state index is 10.9. The topological polar surface area (TPSA) is 60.8 Å². The first kappa shape index (κ1) is 12.8. The van der Waals surface area contributed by atoms with Gasteiger partial charge >= 0.3 is 5.97 Å². The number of hydrogen-bond donors (Lipinski definition) is 2. The second-order valence-electron chi connectivity index (χ2n) is 5.67. The molecule has 17 heavy (non-hydrogen) atoms. The van der Waals surface area contributed by atoms with Gasteiger partial charge in [-0.3, -0.25) is 9.69 Å². The lowest BCUT2D eigenvalue weighted by atomic mass is 9.84. The SMILES string of the molecule is C[C@@H]1CN(C2CCC(C(=O)O)CC2)CC[C@H]1O. The summed E-state index contributed by atoms with van der Waals surface area (Å²) >= 11 is 0. The van der Waals surface area contributed by atoms with Gasteiger partial charge < -0.3 is 10.2 Å². The summed E-state index contributed by atoms with van der Waals surface area (Å²) in [4.78, 5) is 13.3. The molecule has 1 heterocycles. The lowest BCUT2D eigenvalue weighted by Gasteiger charge is -2.41. The molecule has 0 bridgehead atoms. The molecular formula is C13H23NO3. The van der Waals surface area contributed by atoms with Gasteiger partial charge in [-0.1, -0.05) is 6.92 Å². The van der Waals surface area contributed by atoms with Crippen molar-refractivity contribution in [2.45, 2.75) is 51.2 Å². The van der Waals surface area contributed by atoms with Crippen LogP contribution < -0.4 is 0 Å². The number of rotatable bonds is 2. The monoisotopic (exact) mass is 241 g/mol. The summed E-state index contributed by atoms with van der Waals surface area (Å²) in [5.41, 5.74) is 0. The maximum atomic E-state index is 10.9. The van der Waals surface area contributed by atoms with Crippen LogP contribution in [0.25, 0.3) is 0 Å². The van der Waals surface area contributed by atoms with Crippen LogP contribution in [-0.2, 0) is 4.79 Å². The summed E-state index contributed by atoms with van der Waals surface area (Å²) in [5, 5.41) is 18.7. The molecule has 0 radical (unpaired) electrons. The molecular weight excluding hydrogens is 218 g/mol. The van der Waals surface area contributed by atoms with Crippen molar-refractivity contribution in [3.05, 3.63) is 0 Å². The lowest BCUT2D eigenvalue weighted by Crippen LogP contribution is -2.48. The predicted molar refractivity (Wildman–Crippen MR) is 64.7 cm³/mol. The number of aliphatic carboxylic acids is 1. The van der Waals surface area contributed by atoms with Crippen molar-refractivity contribution < 1.29 is 15.0 Å². The van der Waals surface area contributed by atoms with Gasteiger partial charge in [-0.15, -0.1) is 0 Å². The van der Waals surface area contributed by atoms with Crippen molar-refractivity contribution in [2.24, 2.45) is 11.8 Å². The average Bonchev–Trinajstić information content (AvgIpc) is 2.33. The first-order chi connectivity index (χ1) is 8.08. The summed E-state index contributed by atoms with van der Waals surface area (Å²) < 4.78 is 0. The van der Waals surface area contributed by atoms with Crippen LogP contribution in [0.15, 0.2) is 0 Å². The largest absolute Gasteiger partial charge is 0.481 e. The van der Waals surface area contributed by atoms with Crippen LogP contribution in [0.1, 0.15) is 39.0 Å². The molecule has 0 aromatic carbocycles. The summed E-state index contributed by atoms with van der Waals surface area (Å²) in [6, 6.07) is 0.542. The molecule has 0 spiro atoms. The van der Waals surface area contributed by atoms with Gasteiger partial charge in [0.25, 0.3) is 0 Å². The third-order valence-electron chi connectivity index (χ3n) is 4.45. The number of hydrogen-bond acceptors (Lipinski definition) is 3. The molecule has 4 heteroatoms. The highest BCUT2D eigenvalue weighted by Gasteiger charge is 2.32. The molecule has 1 saturated heterocycles. The molecule has 0 unspecified atom stereocenters. The van der Waals surface area contributed by atoms with Crippen molar-refractivity contribution in [2.75, 3.05) is 13.1 Å². The van der Waals surface area contributed by atoms with Crippen LogP contribution >= 0.6 is 0 Å². The van der Waals surface area contributed by atoms with Gasteiger partial charge in [0.15, 0.2) is 0 Å². The molecule has 2 atom stereocenters. The van der Waals surface area contributed by atoms with Gasteiger partial charge in [0.05, 0.1) is 12.0 Å². The van der Waals surface area contributed by atoms with E-state index < -0.39 is 5.97 Å². The van der Waals surface area contributed by atoms with Crippen LogP contribution in [-0.4, -0.2) is 46.3 Å². The Morgan fingerprint density at radius 1 is 1.18 bits per heavy atom. The number of carbonyl (C=O) groups is 1. The standard InChI is InChI=1S/C13H23NO3/c1-9-8-14(7-6-12(9)15)11-4-2-10(3-5-11)13(16)17/h9-12,15H,2-8H2,1H3,(H,16,17)/t9-,10?,11?,12-/m1/s1. The second-order valence-corrected chi connectivity index (χ2v) is 5.67. The van der Waals surface area contributed by atoms with E-state index >= 15 is 0 Å². The fourth-order valence-electron chi connectivity index (χ4n) is 3.19. The van der Waals surface area contributed by atoms with E-state index in [2.05, 4.69) is 11.8 Å². The molecule has 2 aliphatic rings. The molecule has 2 rings (SSSR count). The Labute approximate surface area is 103 Å². The molecule has 1 aliphatic heterocycles. The van der Waals surface area contributed by atoms with Gasteiger partial charge in [0, 0.05) is 19.1 Å². The maximum Gasteiger partial charge on any atom is 0.306 e. The van der Waals surface area contributed by atoms with E-state index in [4.69, 9.17) is 5.11 Å². The zero-order chi connectivity index (χ0) is 12.4. The van der Waals surface area contributed by atoms with E-state index in [-0.39, 0.29) is 12.0 Å². The summed E-state index contributed by atoms with van der Waals surface area (Å²) in [6.45, 7) is 4.02. The smallest absolute Gasteiger partial charge is 0.306 e. The van der Waals surface area contributed by atoms with Crippen LogP contribution in [0.3, 0.4) is 0 Å². The molecule has 4 nitrogen and oxygen atoms in total. The minimum absolute atomic E-state index is 0.126. The lowest BCUT2D eigenvalue weighted by molar-refractivity contribution is -0.143. The molecule has 0 aromatic heterocycles. The molecule has 2 N–H and O–H groups in total. The van der Waals surface area contributed by atoms with Gasteiger partial charge in [0.2, 0.25) is 0 Å². The van der Waals surface area contributed by atoms with Crippen LogP contribution in [0.2, 0.25) is 0 Å². The van der Waals surface area contributed by atoms with Crippen LogP contribution in [0, 0.1) is 11.8 Å². The Kier molecular flexibility index (Phi) is 4.05. The Morgan fingerprint density at radius 2 is 1.82 bits per heavy atom. The number of likely N-dealkylation sites (tertiary alicyclic amines) is 1. The zero-order valence-electron chi connectivity index (χ0n) is 10.5. The van der Waals surface area contributed by atoms with E-state index in [1.807, 2.05) is 0 Å². The van der Waals surface area contributed by atoms with Gasteiger partial charge in [-0.25, -0.2) is 0 Å². The number of aliphatic hydroxyl groups excluding tert-OH is 1. The Morgan fingerprint density at radius 3 is 2.35 bits per heavy atom. The van der Waals surface area contributed by atoms with Crippen molar-refractivity contribution >= 4 is 5.97 Å². The number of piperidine rings is 1. The first-order valence-electron chi connectivity index (χ1n) is 6.73. The summed E-state index contributed by atoms with van der Waals surface area (Å²) in [5.74, 6) is -0.411. The van der Waals surface area contributed by atoms with E-state index in [1.54, 1.807) is 0 Å². The number of aliphatic hydroxyl groups is 1. The van der Waals surface area contributed by atoms with Gasteiger partial charge in [0.1, 0.15) is 0 Å².